The molecule has 0 fully saturated rings. The molecule has 0 aliphatic carbocycles. The Bertz CT molecular complexity index is 576. The molecule has 1 aromatic carbocycles. The number of rotatable bonds is 6. The van der Waals surface area contributed by atoms with Crippen LogP contribution in [-0.2, 0) is 0 Å². The number of nitrogens with one attached hydrogen (secondary N) is 1. The fourth-order valence-corrected chi connectivity index (χ4v) is 2.41. The lowest BCUT2D eigenvalue weighted by Gasteiger charge is -2.29. The monoisotopic (exact) mass is 293 g/mol. The standard InChI is InChI=1S/C15H20ClN3O/c1-3-15(4-2,10-20)9-17-13-11-7-5-6-8-12(11)18-14(16)19-13/h5-8,20H,3-4,9-10H2,1-2H3,(H,17,18,19). The summed E-state index contributed by atoms with van der Waals surface area (Å²) in [6.07, 6.45) is 1.81. The summed E-state index contributed by atoms with van der Waals surface area (Å²) in [4.78, 5) is 8.48. The van der Waals surface area contributed by atoms with Gasteiger partial charge in [-0.3, -0.25) is 0 Å². The SMILES string of the molecule is CCC(CC)(CO)CNc1nc(Cl)nc2ccccc12. The number of aliphatic hydroxyl groups is 1. The fourth-order valence-electron chi connectivity index (χ4n) is 2.23. The lowest BCUT2D eigenvalue weighted by molar-refractivity contribution is 0.127. The van der Waals surface area contributed by atoms with Crippen molar-refractivity contribution in [3.8, 4) is 0 Å². The summed E-state index contributed by atoms with van der Waals surface area (Å²) in [5.74, 6) is 0.723. The van der Waals surface area contributed by atoms with Gasteiger partial charge < -0.3 is 10.4 Å². The number of hydrogen-bond donors (Lipinski definition) is 2. The Kier molecular flexibility index (Phi) is 4.78. The van der Waals surface area contributed by atoms with Crippen molar-refractivity contribution in [2.24, 2.45) is 5.41 Å². The van der Waals surface area contributed by atoms with E-state index in [2.05, 4.69) is 29.1 Å². The molecule has 0 saturated heterocycles. The molecule has 0 unspecified atom stereocenters. The minimum Gasteiger partial charge on any atom is -0.396 e. The van der Waals surface area contributed by atoms with Crippen LogP contribution in [0.1, 0.15) is 26.7 Å². The second kappa shape index (κ2) is 6.37. The van der Waals surface area contributed by atoms with Crippen LogP contribution in [0.15, 0.2) is 24.3 Å². The predicted molar refractivity (Wildman–Crippen MR) is 83.1 cm³/mol. The molecule has 2 aromatic rings. The highest BCUT2D eigenvalue weighted by Gasteiger charge is 2.25. The van der Waals surface area contributed by atoms with Crippen LogP contribution in [0.2, 0.25) is 5.28 Å². The van der Waals surface area contributed by atoms with Gasteiger partial charge in [0, 0.05) is 17.3 Å². The van der Waals surface area contributed by atoms with Gasteiger partial charge in [-0.2, -0.15) is 0 Å². The number of hydrogen-bond acceptors (Lipinski definition) is 4. The maximum absolute atomic E-state index is 9.62. The van der Waals surface area contributed by atoms with Crippen LogP contribution in [-0.4, -0.2) is 28.2 Å². The van der Waals surface area contributed by atoms with E-state index < -0.39 is 0 Å². The van der Waals surface area contributed by atoms with Crippen molar-refractivity contribution in [1.82, 2.24) is 9.97 Å². The van der Waals surface area contributed by atoms with E-state index in [4.69, 9.17) is 11.6 Å². The molecular formula is C15H20ClN3O. The summed E-state index contributed by atoms with van der Waals surface area (Å²) >= 11 is 5.96. The quantitative estimate of drug-likeness (QED) is 0.801. The zero-order valence-electron chi connectivity index (χ0n) is 11.9. The van der Waals surface area contributed by atoms with Crippen LogP contribution in [0.3, 0.4) is 0 Å². The molecule has 2 rings (SSSR count). The normalized spacial score (nSPS) is 11.8. The Hall–Kier alpha value is -1.39. The van der Waals surface area contributed by atoms with Gasteiger partial charge in [0.25, 0.3) is 0 Å². The molecule has 0 atom stereocenters. The zero-order valence-corrected chi connectivity index (χ0v) is 12.6. The van der Waals surface area contributed by atoms with Gasteiger partial charge in [-0.15, -0.1) is 0 Å². The maximum atomic E-state index is 9.62. The fraction of sp³-hybridized carbons (Fsp3) is 0.467. The Morgan fingerprint density at radius 3 is 2.55 bits per heavy atom. The Morgan fingerprint density at radius 2 is 1.90 bits per heavy atom. The summed E-state index contributed by atoms with van der Waals surface area (Å²) < 4.78 is 0. The van der Waals surface area contributed by atoms with Crippen molar-refractivity contribution < 1.29 is 5.11 Å². The van der Waals surface area contributed by atoms with Gasteiger partial charge in [0.15, 0.2) is 0 Å². The summed E-state index contributed by atoms with van der Waals surface area (Å²) in [5, 5.41) is 14.1. The van der Waals surface area contributed by atoms with E-state index in [1.807, 2.05) is 24.3 Å². The predicted octanol–water partition coefficient (Wildman–Crippen LogP) is 3.49. The first-order valence-corrected chi connectivity index (χ1v) is 7.29. The Balaban J connectivity index is 2.30. The third kappa shape index (κ3) is 3.02. The molecule has 0 aliphatic heterocycles. The van der Waals surface area contributed by atoms with Gasteiger partial charge in [0.1, 0.15) is 5.82 Å². The third-order valence-electron chi connectivity index (χ3n) is 4.04. The molecular weight excluding hydrogens is 274 g/mol. The smallest absolute Gasteiger partial charge is 0.224 e. The molecule has 1 heterocycles. The van der Waals surface area contributed by atoms with Gasteiger partial charge in [-0.25, -0.2) is 9.97 Å². The lowest BCUT2D eigenvalue weighted by Crippen LogP contribution is -2.32. The molecule has 0 saturated carbocycles. The van der Waals surface area contributed by atoms with E-state index in [1.54, 1.807) is 0 Å². The molecule has 4 nitrogen and oxygen atoms in total. The van der Waals surface area contributed by atoms with Crippen molar-refractivity contribution in [2.75, 3.05) is 18.5 Å². The summed E-state index contributed by atoms with van der Waals surface area (Å²) in [6, 6.07) is 7.74. The van der Waals surface area contributed by atoms with Crippen LogP contribution in [0.5, 0.6) is 0 Å². The molecule has 2 N–H and O–H groups in total. The lowest BCUT2D eigenvalue weighted by atomic mass is 9.83. The number of fused-ring (bicyclic) bond motifs is 1. The molecule has 108 valence electrons. The average molecular weight is 294 g/mol. The van der Waals surface area contributed by atoms with Gasteiger partial charge in [-0.1, -0.05) is 26.0 Å². The first-order chi connectivity index (χ1) is 9.64. The average Bonchev–Trinajstić information content (AvgIpc) is 2.49. The Labute approximate surface area is 124 Å². The van der Waals surface area contributed by atoms with Crippen LogP contribution in [0, 0.1) is 5.41 Å². The first kappa shape index (κ1) is 15.0. The van der Waals surface area contributed by atoms with E-state index in [1.165, 1.54) is 0 Å². The molecule has 0 bridgehead atoms. The van der Waals surface area contributed by atoms with Crippen molar-refractivity contribution in [3.05, 3.63) is 29.5 Å². The van der Waals surface area contributed by atoms with Gasteiger partial charge in [-0.05, 0) is 36.6 Å². The second-order valence-corrected chi connectivity index (χ2v) is 5.42. The number of anilines is 1. The van der Waals surface area contributed by atoms with Crippen LogP contribution in [0.4, 0.5) is 5.82 Å². The number of aliphatic hydroxyl groups excluding tert-OH is 1. The van der Waals surface area contributed by atoms with Gasteiger partial charge in [0.05, 0.1) is 12.1 Å². The highest BCUT2D eigenvalue weighted by Crippen LogP contribution is 2.28. The zero-order chi connectivity index (χ0) is 14.6. The summed E-state index contributed by atoms with van der Waals surface area (Å²) in [5.41, 5.74) is 0.691. The number of nitrogens with zero attached hydrogens (tertiary/aromatic N) is 2. The van der Waals surface area contributed by atoms with E-state index in [0.717, 1.165) is 29.6 Å². The summed E-state index contributed by atoms with van der Waals surface area (Å²) in [6.45, 7) is 5.00. The number of benzene rings is 1. The first-order valence-electron chi connectivity index (χ1n) is 6.91. The van der Waals surface area contributed by atoms with Crippen molar-refractivity contribution in [1.29, 1.82) is 0 Å². The third-order valence-corrected chi connectivity index (χ3v) is 4.21. The molecule has 0 radical (unpaired) electrons. The van der Waals surface area contributed by atoms with E-state index in [9.17, 15) is 5.11 Å². The van der Waals surface area contributed by atoms with E-state index in [0.29, 0.717) is 6.54 Å². The number of halogens is 1. The maximum Gasteiger partial charge on any atom is 0.224 e. The largest absolute Gasteiger partial charge is 0.396 e. The summed E-state index contributed by atoms with van der Waals surface area (Å²) in [7, 11) is 0. The van der Waals surface area contributed by atoms with Crippen molar-refractivity contribution in [2.45, 2.75) is 26.7 Å². The van der Waals surface area contributed by atoms with Crippen molar-refractivity contribution >= 4 is 28.3 Å². The van der Waals surface area contributed by atoms with E-state index in [-0.39, 0.29) is 17.3 Å². The second-order valence-electron chi connectivity index (χ2n) is 5.08. The Morgan fingerprint density at radius 1 is 1.20 bits per heavy atom. The van der Waals surface area contributed by atoms with Gasteiger partial charge in [0.2, 0.25) is 5.28 Å². The van der Waals surface area contributed by atoms with Crippen molar-refractivity contribution in [3.63, 3.8) is 0 Å². The highest BCUT2D eigenvalue weighted by molar-refractivity contribution is 6.28. The van der Waals surface area contributed by atoms with Crippen LogP contribution < -0.4 is 5.32 Å². The minimum atomic E-state index is -0.126. The highest BCUT2D eigenvalue weighted by atomic mass is 35.5. The molecule has 0 amide bonds. The molecule has 20 heavy (non-hydrogen) atoms. The topological polar surface area (TPSA) is 58.0 Å². The number of aromatic nitrogens is 2. The minimum absolute atomic E-state index is 0.126. The molecule has 1 aromatic heterocycles. The van der Waals surface area contributed by atoms with Crippen LogP contribution >= 0.6 is 11.6 Å². The van der Waals surface area contributed by atoms with E-state index >= 15 is 0 Å². The molecule has 0 spiro atoms. The molecule has 5 heteroatoms. The molecule has 0 aliphatic rings. The van der Waals surface area contributed by atoms with Gasteiger partial charge >= 0.3 is 0 Å². The number of para-hydroxylation sites is 1. The van der Waals surface area contributed by atoms with Crippen LogP contribution in [0.25, 0.3) is 10.9 Å².